The first-order valence-electron chi connectivity index (χ1n) is 8.41. The Bertz CT molecular complexity index is 810. The van der Waals surface area contributed by atoms with Crippen molar-refractivity contribution in [3.05, 3.63) is 41.2 Å². The van der Waals surface area contributed by atoms with Gasteiger partial charge in [0.2, 0.25) is 0 Å². The zero-order chi connectivity index (χ0) is 18.1. The number of nitrogens with zero attached hydrogens (tertiary/aromatic N) is 4. The molecule has 1 atom stereocenters. The normalized spacial score (nSPS) is 15.0. The number of aryl methyl sites for hydroxylation is 1. The summed E-state index contributed by atoms with van der Waals surface area (Å²) >= 11 is 0. The number of aliphatic carboxylic acids is 1. The third-order valence-corrected chi connectivity index (χ3v) is 4.48. The Kier molecular flexibility index (Phi) is 4.57. The van der Waals surface area contributed by atoms with E-state index < -0.39 is 11.9 Å². The lowest BCUT2D eigenvalue weighted by atomic mass is 10.1. The molecule has 2 aromatic rings. The highest BCUT2D eigenvalue weighted by Crippen LogP contribution is 2.29. The fourth-order valence-electron chi connectivity index (χ4n) is 2.82. The number of carbonyl (C=O) groups excluding carboxylic acids is 1. The van der Waals surface area contributed by atoms with E-state index in [0.29, 0.717) is 5.69 Å². The summed E-state index contributed by atoms with van der Waals surface area (Å²) in [4.78, 5) is 25.7. The average molecular weight is 342 g/mol. The molecule has 0 spiro atoms. The monoisotopic (exact) mass is 342 g/mol. The molecule has 1 aliphatic rings. The summed E-state index contributed by atoms with van der Waals surface area (Å²) in [5.74, 6) is -1.76. The van der Waals surface area contributed by atoms with Gasteiger partial charge in [-0.1, -0.05) is 24.3 Å². The molecule has 1 N–H and O–H groups in total. The molecule has 1 amide bonds. The molecule has 1 saturated carbocycles. The summed E-state index contributed by atoms with van der Waals surface area (Å²) in [6, 6.07) is 7.91. The number of hydrogen-bond donors (Lipinski definition) is 1. The third-order valence-electron chi connectivity index (χ3n) is 4.48. The van der Waals surface area contributed by atoms with Crippen molar-refractivity contribution in [3.63, 3.8) is 0 Å². The number of carboxylic acids is 1. The molecule has 0 aliphatic heterocycles. The lowest BCUT2D eigenvalue weighted by Crippen LogP contribution is -2.39. The largest absolute Gasteiger partial charge is 0.481 e. The van der Waals surface area contributed by atoms with Gasteiger partial charge < -0.3 is 10.0 Å². The highest BCUT2D eigenvalue weighted by atomic mass is 16.4. The molecule has 1 aromatic carbocycles. The van der Waals surface area contributed by atoms with Gasteiger partial charge >= 0.3 is 5.97 Å². The highest BCUT2D eigenvalue weighted by molar-refractivity contribution is 5.94. The van der Waals surface area contributed by atoms with E-state index in [0.717, 1.165) is 24.1 Å². The lowest BCUT2D eigenvalue weighted by Gasteiger charge is -2.23. The zero-order valence-corrected chi connectivity index (χ0v) is 14.6. The maximum atomic E-state index is 12.9. The van der Waals surface area contributed by atoms with Crippen LogP contribution in [0.5, 0.6) is 0 Å². The fourth-order valence-corrected chi connectivity index (χ4v) is 2.82. The van der Waals surface area contributed by atoms with Crippen molar-refractivity contribution in [1.29, 1.82) is 0 Å². The second-order valence-electron chi connectivity index (χ2n) is 6.70. The summed E-state index contributed by atoms with van der Waals surface area (Å²) in [7, 11) is 0. The van der Waals surface area contributed by atoms with Crippen molar-refractivity contribution < 1.29 is 14.7 Å². The Labute approximate surface area is 146 Å². The predicted molar refractivity (Wildman–Crippen MR) is 91.7 cm³/mol. The number of hydrogen-bond acceptors (Lipinski definition) is 4. The molecular weight excluding hydrogens is 320 g/mol. The molecule has 132 valence electrons. The van der Waals surface area contributed by atoms with Crippen LogP contribution in [0.1, 0.15) is 41.5 Å². The first kappa shape index (κ1) is 17.1. The van der Waals surface area contributed by atoms with Crippen LogP contribution >= 0.6 is 0 Å². The van der Waals surface area contributed by atoms with Crippen LogP contribution < -0.4 is 0 Å². The highest BCUT2D eigenvalue weighted by Gasteiger charge is 2.36. The molecule has 3 rings (SSSR count). The summed E-state index contributed by atoms with van der Waals surface area (Å²) in [5, 5.41) is 17.4. The van der Waals surface area contributed by atoms with Gasteiger partial charge in [-0.05, 0) is 44.4 Å². The first-order chi connectivity index (χ1) is 11.9. The van der Waals surface area contributed by atoms with E-state index in [4.69, 9.17) is 5.11 Å². The molecule has 25 heavy (non-hydrogen) atoms. The van der Waals surface area contributed by atoms with Gasteiger partial charge in [0.05, 0.1) is 17.3 Å². The van der Waals surface area contributed by atoms with Gasteiger partial charge in [0, 0.05) is 12.6 Å². The molecule has 7 nitrogen and oxygen atoms in total. The molecule has 0 bridgehead atoms. The van der Waals surface area contributed by atoms with Crippen LogP contribution in [0.2, 0.25) is 0 Å². The first-order valence-corrected chi connectivity index (χ1v) is 8.41. The Morgan fingerprint density at radius 1 is 1.36 bits per heavy atom. The molecule has 1 unspecified atom stereocenters. The summed E-state index contributed by atoms with van der Waals surface area (Å²) in [6.45, 7) is 5.60. The molecule has 7 heteroatoms. The molecule has 1 heterocycles. The third kappa shape index (κ3) is 3.55. The molecular formula is C18H22N4O3. The van der Waals surface area contributed by atoms with Gasteiger partial charge in [-0.2, -0.15) is 0 Å². The van der Waals surface area contributed by atoms with Crippen molar-refractivity contribution in [2.45, 2.75) is 39.7 Å². The average Bonchev–Trinajstić information content (AvgIpc) is 3.33. The van der Waals surface area contributed by atoms with Crippen molar-refractivity contribution in [1.82, 2.24) is 19.9 Å². The molecule has 1 aromatic heterocycles. The number of carbonyl (C=O) groups is 2. The Morgan fingerprint density at radius 2 is 2.08 bits per heavy atom. The SMILES string of the molecule is Cc1cccc(-n2nnc(C(=O)N(CC(C)C(=O)O)C3CC3)c2C)c1. The quantitative estimate of drug-likeness (QED) is 0.869. The van der Waals surface area contributed by atoms with Crippen molar-refractivity contribution in [2.75, 3.05) is 6.54 Å². The van der Waals surface area contributed by atoms with Crippen LogP contribution in [0.25, 0.3) is 5.69 Å². The van der Waals surface area contributed by atoms with Crippen LogP contribution in [-0.2, 0) is 4.79 Å². The van der Waals surface area contributed by atoms with E-state index in [9.17, 15) is 9.59 Å². The van der Waals surface area contributed by atoms with E-state index in [-0.39, 0.29) is 24.2 Å². The van der Waals surface area contributed by atoms with Crippen LogP contribution in [0, 0.1) is 19.8 Å². The summed E-state index contributed by atoms with van der Waals surface area (Å²) < 4.78 is 1.64. The number of aromatic nitrogens is 3. The van der Waals surface area contributed by atoms with Gasteiger partial charge in [0.25, 0.3) is 5.91 Å². The van der Waals surface area contributed by atoms with Crippen LogP contribution in [0.4, 0.5) is 0 Å². The van der Waals surface area contributed by atoms with E-state index in [1.54, 1.807) is 23.4 Å². The minimum absolute atomic E-state index is 0.109. The van der Waals surface area contributed by atoms with Gasteiger partial charge in [0.15, 0.2) is 5.69 Å². The second kappa shape index (κ2) is 6.66. The van der Waals surface area contributed by atoms with Gasteiger partial charge in [-0.25, -0.2) is 4.68 Å². The van der Waals surface area contributed by atoms with Crippen molar-refractivity contribution in [2.24, 2.45) is 5.92 Å². The zero-order valence-electron chi connectivity index (χ0n) is 14.6. The Morgan fingerprint density at radius 3 is 2.68 bits per heavy atom. The molecule has 0 radical (unpaired) electrons. The maximum Gasteiger partial charge on any atom is 0.308 e. The number of amides is 1. The molecule has 1 fully saturated rings. The topological polar surface area (TPSA) is 88.3 Å². The maximum absolute atomic E-state index is 12.9. The second-order valence-corrected chi connectivity index (χ2v) is 6.70. The molecule has 0 saturated heterocycles. The lowest BCUT2D eigenvalue weighted by molar-refractivity contribution is -0.141. The minimum atomic E-state index is -0.904. The van der Waals surface area contributed by atoms with E-state index in [2.05, 4.69) is 10.3 Å². The predicted octanol–water partition coefficient (Wildman–Crippen LogP) is 2.21. The summed E-state index contributed by atoms with van der Waals surface area (Å²) in [5.41, 5.74) is 2.88. The van der Waals surface area contributed by atoms with Crippen LogP contribution in [0.15, 0.2) is 24.3 Å². The molecule has 1 aliphatic carbocycles. The van der Waals surface area contributed by atoms with E-state index in [1.165, 1.54) is 0 Å². The van der Waals surface area contributed by atoms with E-state index in [1.807, 2.05) is 31.2 Å². The van der Waals surface area contributed by atoms with Crippen molar-refractivity contribution >= 4 is 11.9 Å². The van der Waals surface area contributed by atoms with Gasteiger partial charge in [-0.15, -0.1) is 5.10 Å². The minimum Gasteiger partial charge on any atom is -0.481 e. The number of rotatable bonds is 6. The Hall–Kier alpha value is -2.70. The van der Waals surface area contributed by atoms with Gasteiger partial charge in [-0.3, -0.25) is 9.59 Å². The number of carboxylic acid groups (broad SMARTS) is 1. The van der Waals surface area contributed by atoms with Crippen molar-refractivity contribution in [3.8, 4) is 5.69 Å². The smallest absolute Gasteiger partial charge is 0.308 e. The Balaban J connectivity index is 1.88. The van der Waals surface area contributed by atoms with Gasteiger partial charge in [0.1, 0.15) is 0 Å². The standard InChI is InChI=1S/C18H22N4O3/c1-11-5-4-6-15(9-11)22-13(3)16(19-20-22)17(23)21(14-7-8-14)10-12(2)18(24)25/h4-6,9,12,14H,7-8,10H2,1-3H3,(H,24,25). The fraction of sp³-hybridized carbons (Fsp3) is 0.444. The van der Waals surface area contributed by atoms with Crippen LogP contribution in [-0.4, -0.2) is 49.5 Å². The summed E-state index contributed by atoms with van der Waals surface area (Å²) in [6.07, 6.45) is 1.81. The number of benzene rings is 1. The van der Waals surface area contributed by atoms with Crippen LogP contribution in [0.3, 0.4) is 0 Å². The van der Waals surface area contributed by atoms with E-state index >= 15 is 0 Å².